The van der Waals surface area contributed by atoms with Gasteiger partial charge in [0.05, 0.1) is 0 Å². The molecule has 0 fully saturated rings. The molecule has 0 atom stereocenters. The van der Waals surface area contributed by atoms with Crippen LogP contribution in [0.2, 0.25) is 5.02 Å². The Kier molecular flexibility index (Phi) is 6.18. The van der Waals surface area contributed by atoms with Gasteiger partial charge in [-0.1, -0.05) is 29.8 Å². The molecule has 142 valence electrons. The lowest BCUT2D eigenvalue weighted by Crippen LogP contribution is -2.15. The third-order valence-corrected chi connectivity index (χ3v) is 3.98. The highest BCUT2D eigenvalue weighted by molar-refractivity contribution is 6.30. The van der Waals surface area contributed by atoms with Gasteiger partial charge in [0.1, 0.15) is 5.82 Å². The fourth-order valence-corrected chi connectivity index (χ4v) is 2.54. The zero-order valence-electron chi connectivity index (χ0n) is 15.1. The van der Waals surface area contributed by atoms with Crippen molar-refractivity contribution in [1.29, 1.82) is 0 Å². The van der Waals surface area contributed by atoms with Crippen LogP contribution in [-0.2, 0) is 11.3 Å². The Morgan fingerprint density at radius 3 is 2.29 bits per heavy atom. The monoisotopic (exact) mass is 395 g/mol. The summed E-state index contributed by atoms with van der Waals surface area (Å²) in [6.45, 7) is 1.98. The molecule has 0 unspecified atom stereocenters. The topological polar surface area (TPSA) is 96.0 Å². The maximum Gasteiger partial charge on any atom is 0.276 e. The second kappa shape index (κ2) is 8.96. The minimum atomic E-state index is -0.392. The number of hydrogen-bond donors (Lipinski definition) is 3. The van der Waals surface area contributed by atoms with E-state index < -0.39 is 5.91 Å². The van der Waals surface area contributed by atoms with E-state index in [0.717, 1.165) is 5.56 Å². The van der Waals surface area contributed by atoms with E-state index in [1.54, 1.807) is 36.4 Å². The van der Waals surface area contributed by atoms with E-state index in [-0.39, 0.29) is 11.6 Å². The van der Waals surface area contributed by atoms with Crippen LogP contribution in [0.1, 0.15) is 23.0 Å². The molecule has 2 amide bonds. The Hall–Kier alpha value is -3.45. The Labute approximate surface area is 167 Å². The Morgan fingerprint density at radius 2 is 1.64 bits per heavy atom. The molecule has 3 N–H and O–H groups in total. The number of nitrogens with zero attached hydrogens (tertiary/aromatic N) is 2. The predicted octanol–water partition coefficient (Wildman–Crippen LogP) is 3.95. The summed E-state index contributed by atoms with van der Waals surface area (Å²) < 4.78 is 0. The molecule has 3 aromatic rings. The predicted molar refractivity (Wildman–Crippen MR) is 110 cm³/mol. The molecule has 0 saturated carbocycles. The van der Waals surface area contributed by atoms with Crippen molar-refractivity contribution < 1.29 is 9.59 Å². The number of benzene rings is 2. The summed E-state index contributed by atoms with van der Waals surface area (Å²) in [7, 11) is 0. The summed E-state index contributed by atoms with van der Waals surface area (Å²) >= 11 is 5.87. The van der Waals surface area contributed by atoms with Gasteiger partial charge in [-0.15, -0.1) is 10.2 Å². The first-order valence-corrected chi connectivity index (χ1v) is 8.88. The van der Waals surface area contributed by atoms with E-state index in [2.05, 4.69) is 26.1 Å². The summed E-state index contributed by atoms with van der Waals surface area (Å²) in [6.07, 6.45) is 0. The quantitative estimate of drug-likeness (QED) is 0.587. The third-order valence-electron chi connectivity index (χ3n) is 3.72. The second-order valence-electron chi connectivity index (χ2n) is 6.00. The lowest BCUT2D eigenvalue weighted by Gasteiger charge is -2.08. The van der Waals surface area contributed by atoms with Gasteiger partial charge in [-0.25, -0.2) is 0 Å². The molecule has 0 radical (unpaired) electrons. The van der Waals surface area contributed by atoms with Crippen LogP contribution in [0.5, 0.6) is 0 Å². The summed E-state index contributed by atoms with van der Waals surface area (Å²) in [4.78, 5) is 23.5. The minimum Gasteiger partial charge on any atom is -0.365 e. The van der Waals surface area contributed by atoms with Crippen molar-refractivity contribution in [2.24, 2.45) is 0 Å². The van der Waals surface area contributed by atoms with Crippen molar-refractivity contribution in [1.82, 2.24) is 10.2 Å². The molecule has 0 spiro atoms. The highest BCUT2D eigenvalue weighted by atomic mass is 35.5. The first-order chi connectivity index (χ1) is 13.5. The van der Waals surface area contributed by atoms with Crippen LogP contribution in [0.4, 0.5) is 17.2 Å². The normalized spacial score (nSPS) is 10.2. The van der Waals surface area contributed by atoms with Gasteiger partial charge in [-0.3, -0.25) is 9.59 Å². The minimum absolute atomic E-state index is 0.182. The third kappa shape index (κ3) is 5.52. The fraction of sp³-hybridized carbons (Fsp3) is 0.100. The molecule has 1 aromatic heterocycles. The number of rotatable bonds is 6. The first-order valence-electron chi connectivity index (χ1n) is 8.50. The van der Waals surface area contributed by atoms with E-state index in [9.17, 15) is 9.59 Å². The molecule has 7 nitrogen and oxygen atoms in total. The molecular formula is C20H18ClN5O2. The van der Waals surface area contributed by atoms with Crippen LogP contribution in [0, 0.1) is 0 Å². The SMILES string of the molecule is CC(=O)Nc1cccc(NC(=O)c2ccc(NCc3ccc(Cl)cc3)nn2)c1. The highest BCUT2D eigenvalue weighted by Crippen LogP contribution is 2.16. The standard InChI is InChI=1S/C20H18ClN5O2/c1-13(27)23-16-3-2-4-17(11-16)24-20(28)18-9-10-19(26-25-18)22-12-14-5-7-15(21)8-6-14/h2-11H,12H2,1H3,(H,22,26)(H,23,27)(H,24,28). The molecule has 3 rings (SSSR count). The number of carbonyl (C=O) groups excluding carboxylic acids is 2. The van der Waals surface area contributed by atoms with Gasteiger partial charge in [0.25, 0.3) is 5.91 Å². The number of amides is 2. The van der Waals surface area contributed by atoms with Gasteiger partial charge in [-0.2, -0.15) is 0 Å². The first kappa shape index (κ1) is 19.3. The van der Waals surface area contributed by atoms with Gasteiger partial charge >= 0.3 is 0 Å². The number of halogens is 1. The van der Waals surface area contributed by atoms with Crippen molar-refractivity contribution in [3.63, 3.8) is 0 Å². The van der Waals surface area contributed by atoms with Crippen LogP contribution < -0.4 is 16.0 Å². The summed E-state index contributed by atoms with van der Waals surface area (Å²) in [5, 5.41) is 17.2. The van der Waals surface area contributed by atoms with E-state index in [0.29, 0.717) is 28.8 Å². The largest absolute Gasteiger partial charge is 0.365 e. The van der Waals surface area contributed by atoms with Gasteiger partial charge in [0.2, 0.25) is 5.91 Å². The molecule has 8 heteroatoms. The van der Waals surface area contributed by atoms with Crippen LogP contribution in [-0.4, -0.2) is 22.0 Å². The second-order valence-corrected chi connectivity index (χ2v) is 6.44. The van der Waals surface area contributed by atoms with E-state index in [4.69, 9.17) is 11.6 Å². The van der Waals surface area contributed by atoms with Crippen molar-refractivity contribution in [2.45, 2.75) is 13.5 Å². The van der Waals surface area contributed by atoms with Crippen molar-refractivity contribution >= 4 is 40.6 Å². The number of anilines is 3. The molecule has 0 saturated heterocycles. The maximum atomic E-state index is 12.3. The highest BCUT2D eigenvalue weighted by Gasteiger charge is 2.09. The van der Waals surface area contributed by atoms with Crippen molar-refractivity contribution in [3.8, 4) is 0 Å². The van der Waals surface area contributed by atoms with Gasteiger partial charge in [0, 0.05) is 29.9 Å². The average Bonchev–Trinajstić information content (AvgIpc) is 2.68. The number of nitrogens with one attached hydrogen (secondary N) is 3. The molecule has 0 aliphatic carbocycles. The molecule has 1 heterocycles. The van der Waals surface area contributed by atoms with Crippen molar-refractivity contribution in [3.05, 3.63) is 76.9 Å². The summed E-state index contributed by atoms with van der Waals surface area (Å²) in [5.74, 6) is -0.0214. The molecule has 0 aliphatic rings. The summed E-state index contributed by atoms with van der Waals surface area (Å²) in [5.41, 5.74) is 2.37. The molecule has 0 bridgehead atoms. The molecular weight excluding hydrogens is 378 g/mol. The zero-order valence-corrected chi connectivity index (χ0v) is 15.8. The Bertz CT molecular complexity index is 975. The summed E-state index contributed by atoms with van der Waals surface area (Å²) in [6, 6.07) is 17.6. The van der Waals surface area contributed by atoms with Crippen molar-refractivity contribution in [2.75, 3.05) is 16.0 Å². The Balaban J connectivity index is 1.59. The van der Waals surface area contributed by atoms with Gasteiger partial charge < -0.3 is 16.0 Å². The molecule has 28 heavy (non-hydrogen) atoms. The fourth-order valence-electron chi connectivity index (χ4n) is 2.42. The maximum absolute atomic E-state index is 12.3. The number of carbonyl (C=O) groups is 2. The van der Waals surface area contributed by atoms with Crippen LogP contribution in [0.25, 0.3) is 0 Å². The lowest BCUT2D eigenvalue weighted by molar-refractivity contribution is -0.114. The van der Waals surface area contributed by atoms with Gasteiger partial charge in [-0.05, 0) is 48.0 Å². The smallest absolute Gasteiger partial charge is 0.276 e. The van der Waals surface area contributed by atoms with E-state index in [1.807, 2.05) is 24.3 Å². The van der Waals surface area contributed by atoms with Crippen LogP contribution in [0.15, 0.2) is 60.7 Å². The molecule has 2 aromatic carbocycles. The zero-order chi connectivity index (χ0) is 19.9. The van der Waals surface area contributed by atoms with Crippen LogP contribution in [0.3, 0.4) is 0 Å². The average molecular weight is 396 g/mol. The Morgan fingerprint density at radius 1 is 0.929 bits per heavy atom. The van der Waals surface area contributed by atoms with Crippen LogP contribution >= 0.6 is 11.6 Å². The van der Waals surface area contributed by atoms with E-state index >= 15 is 0 Å². The van der Waals surface area contributed by atoms with E-state index in [1.165, 1.54) is 6.92 Å². The molecule has 0 aliphatic heterocycles. The number of hydrogen-bond acceptors (Lipinski definition) is 5. The lowest BCUT2D eigenvalue weighted by atomic mass is 10.2. The number of aromatic nitrogens is 2. The van der Waals surface area contributed by atoms with Gasteiger partial charge in [0.15, 0.2) is 5.69 Å².